The van der Waals surface area contributed by atoms with Gasteiger partial charge in [-0.05, 0) is 36.4 Å². The molecule has 3 rings (SSSR count). The van der Waals surface area contributed by atoms with Gasteiger partial charge in [-0.25, -0.2) is 8.78 Å². The largest absolute Gasteiger partial charge is 0.504 e. The molecule has 3 aromatic rings. The Bertz CT molecular complexity index is 1320. The average Bonchev–Trinajstić information content (AvgIpc) is 2.87. The van der Waals surface area contributed by atoms with E-state index in [4.69, 9.17) is 25.4 Å². The fraction of sp³-hybridized carbons (Fsp3) is 0.208. The number of halogens is 4. The highest BCUT2D eigenvalue weighted by molar-refractivity contribution is 5.95. The van der Waals surface area contributed by atoms with Crippen LogP contribution in [0.5, 0.6) is 34.8 Å². The molecule has 4 N–H and O–H groups in total. The third-order valence-corrected chi connectivity index (χ3v) is 4.79. The maximum absolute atomic E-state index is 15.2. The van der Waals surface area contributed by atoms with Crippen molar-refractivity contribution < 1.29 is 41.7 Å². The Morgan fingerprint density at radius 3 is 2.30 bits per heavy atom. The minimum atomic E-state index is -1.84. The molecule has 1 amide bonds. The third-order valence-electron chi connectivity index (χ3n) is 4.79. The summed E-state index contributed by atoms with van der Waals surface area (Å²) in [6.07, 6.45) is -1.84. The Morgan fingerprint density at radius 1 is 1.05 bits per heavy atom. The van der Waals surface area contributed by atoms with Gasteiger partial charge in [0.15, 0.2) is 17.6 Å². The Kier molecular flexibility index (Phi) is 8.37. The number of pyridine rings is 1. The Hall–Kier alpha value is -4.55. The summed E-state index contributed by atoms with van der Waals surface area (Å²) in [5.74, 6) is -8.08. The van der Waals surface area contributed by atoms with Crippen molar-refractivity contribution in [1.82, 2.24) is 9.88 Å². The van der Waals surface area contributed by atoms with E-state index in [1.165, 1.54) is 49.3 Å². The smallest absolute Gasteiger partial charge is 0.263 e. The molecule has 0 aliphatic carbocycles. The van der Waals surface area contributed by atoms with E-state index in [1.807, 2.05) is 0 Å². The van der Waals surface area contributed by atoms with Gasteiger partial charge in [0.1, 0.15) is 24.9 Å². The maximum Gasteiger partial charge on any atom is 0.263 e. The van der Waals surface area contributed by atoms with Gasteiger partial charge in [0, 0.05) is 25.2 Å². The van der Waals surface area contributed by atoms with Gasteiger partial charge in [-0.2, -0.15) is 13.8 Å². The number of nitrogens with two attached hydrogens (primary N) is 1. The number of nitrogens with one attached hydrogen (secondary N) is 1. The van der Waals surface area contributed by atoms with Crippen LogP contribution in [0, 0.1) is 17.0 Å². The number of carbonyl (C=O) groups excluding carboxylic acids is 1. The Balaban J connectivity index is 2.10. The van der Waals surface area contributed by atoms with E-state index in [9.17, 15) is 18.7 Å². The van der Waals surface area contributed by atoms with E-state index >= 15 is 8.78 Å². The molecule has 1 aromatic heterocycles. The molecule has 0 saturated heterocycles. The first-order valence-electron chi connectivity index (χ1n) is 10.6. The summed E-state index contributed by atoms with van der Waals surface area (Å²) >= 11 is 0. The molecule has 0 aliphatic heterocycles. The highest BCUT2D eigenvalue weighted by atomic mass is 19.1. The number of carbonyl (C=O) groups is 1. The molecule has 2 aromatic carbocycles. The molecule has 9 nitrogen and oxygen atoms in total. The molecule has 0 aliphatic rings. The summed E-state index contributed by atoms with van der Waals surface area (Å²) in [6, 6.07) is 9.02. The Morgan fingerprint density at radius 2 is 1.70 bits per heavy atom. The Labute approximate surface area is 208 Å². The number of ether oxygens (including phenoxy) is 3. The van der Waals surface area contributed by atoms with Crippen LogP contribution in [0.4, 0.5) is 17.6 Å². The highest BCUT2D eigenvalue weighted by Crippen LogP contribution is 2.40. The molecule has 0 bridgehead atoms. The monoisotopic (exact) mass is 522 g/mol. The van der Waals surface area contributed by atoms with E-state index in [-0.39, 0.29) is 22.8 Å². The molecule has 0 atom stereocenters. The lowest BCUT2D eigenvalue weighted by Crippen LogP contribution is -2.23. The highest BCUT2D eigenvalue weighted by Gasteiger charge is 2.28. The molecule has 0 radical (unpaired) electrons. The summed E-state index contributed by atoms with van der Waals surface area (Å²) < 4.78 is 72.0. The third kappa shape index (κ3) is 6.18. The van der Waals surface area contributed by atoms with Crippen molar-refractivity contribution in [2.75, 3.05) is 27.4 Å². The standard InChI is InChI=1S/C24H22F4N4O5/c1-32(2)24(34)13-4-3-5-14(8-13)36-22-18(27)20(35-15(10-25)11-26)19(28)23(31-22)37-17-9-12(21(29)30)6-7-16(17)33/h3-9,15,33H,10-11H2,1-2H3,(H3,29,30). The SMILES string of the molecule is CN(C)C(=O)c1cccc(Oc2nc(Oc3cc(C(=N)N)ccc3O)c(F)c(OC(CF)CF)c2F)c1. The topological polar surface area (TPSA) is 131 Å². The number of nitrogen functional groups attached to an aromatic ring is 1. The minimum absolute atomic E-state index is 0.0865. The van der Waals surface area contributed by atoms with E-state index in [0.717, 1.165) is 12.1 Å². The first-order chi connectivity index (χ1) is 17.5. The lowest BCUT2D eigenvalue weighted by molar-refractivity contribution is 0.0827. The van der Waals surface area contributed by atoms with E-state index in [1.54, 1.807) is 0 Å². The van der Waals surface area contributed by atoms with Crippen LogP contribution < -0.4 is 19.9 Å². The average molecular weight is 522 g/mol. The second-order valence-corrected chi connectivity index (χ2v) is 7.76. The van der Waals surface area contributed by atoms with Crippen LogP contribution in [0.3, 0.4) is 0 Å². The number of hydrogen-bond donors (Lipinski definition) is 3. The minimum Gasteiger partial charge on any atom is -0.504 e. The van der Waals surface area contributed by atoms with Gasteiger partial charge in [0.25, 0.3) is 17.7 Å². The number of benzene rings is 2. The van der Waals surface area contributed by atoms with E-state index in [2.05, 4.69) is 4.98 Å². The first kappa shape index (κ1) is 27.0. The maximum atomic E-state index is 15.2. The second kappa shape index (κ2) is 11.5. The van der Waals surface area contributed by atoms with Crippen LogP contribution >= 0.6 is 0 Å². The molecule has 37 heavy (non-hydrogen) atoms. The molecule has 1 heterocycles. The number of aromatic hydroxyl groups is 1. The molecular weight excluding hydrogens is 500 g/mol. The number of rotatable bonds is 10. The number of amides is 1. The van der Waals surface area contributed by atoms with Crippen molar-refractivity contribution in [2.45, 2.75) is 6.10 Å². The summed E-state index contributed by atoms with van der Waals surface area (Å²) in [5.41, 5.74) is 5.69. The van der Waals surface area contributed by atoms with Gasteiger partial charge in [0.2, 0.25) is 17.4 Å². The van der Waals surface area contributed by atoms with Gasteiger partial charge in [-0.15, -0.1) is 0 Å². The van der Waals surface area contributed by atoms with Crippen molar-refractivity contribution in [2.24, 2.45) is 5.73 Å². The molecule has 196 valence electrons. The fourth-order valence-electron chi connectivity index (χ4n) is 2.92. The van der Waals surface area contributed by atoms with Crippen LogP contribution in [-0.2, 0) is 0 Å². The predicted molar refractivity (Wildman–Crippen MR) is 124 cm³/mol. The van der Waals surface area contributed by atoms with Crippen molar-refractivity contribution in [3.63, 3.8) is 0 Å². The van der Waals surface area contributed by atoms with Crippen LogP contribution in [0.1, 0.15) is 15.9 Å². The van der Waals surface area contributed by atoms with Crippen LogP contribution in [-0.4, -0.2) is 60.3 Å². The summed E-state index contributed by atoms with van der Waals surface area (Å²) in [7, 11) is 3.04. The molecule has 0 unspecified atom stereocenters. The molecule has 13 heteroatoms. The van der Waals surface area contributed by atoms with Crippen LogP contribution in [0.25, 0.3) is 0 Å². The van der Waals surface area contributed by atoms with Gasteiger partial charge >= 0.3 is 0 Å². The quantitative estimate of drug-likeness (QED) is 0.205. The van der Waals surface area contributed by atoms with Gasteiger partial charge < -0.3 is 30.0 Å². The number of amidine groups is 1. The molecule has 0 saturated carbocycles. The van der Waals surface area contributed by atoms with Crippen molar-refractivity contribution >= 4 is 11.7 Å². The molecular formula is C24H22F4N4O5. The zero-order valence-electron chi connectivity index (χ0n) is 19.6. The number of phenolic OH excluding ortho intramolecular Hbond substituents is 1. The molecule has 0 fully saturated rings. The first-order valence-corrected chi connectivity index (χ1v) is 10.6. The number of aromatic nitrogens is 1. The summed E-state index contributed by atoms with van der Waals surface area (Å²) in [5, 5.41) is 17.6. The van der Waals surface area contributed by atoms with Gasteiger partial charge in [-0.1, -0.05) is 6.07 Å². The summed E-state index contributed by atoms with van der Waals surface area (Å²) in [4.78, 5) is 17.2. The fourth-order valence-corrected chi connectivity index (χ4v) is 2.92. The molecule has 0 spiro atoms. The zero-order chi connectivity index (χ0) is 27.3. The van der Waals surface area contributed by atoms with Gasteiger partial charge in [-0.3, -0.25) is 10.2 Å². The van der Waals surface area contributed by atoms with Crippen molar-refractivity contribution in [1.29, 1.82) is 5.41 Å². The van der Waals surface area contributed by atoms with Crippen LogP contribution in [0.15, 0.2) is 42.5 Å². The normalized spacial score (nSPS) is 10.8. The lowest BCUT2D eigenvalue weighted by atomic mass is 10.2. The predicted octanol–water partition coefficient (Wildman–Crippen LogP) is 4.32. The number of phenols is 1. The number of hydrogen-bond acceptors (Lipinski definition) is 7. The van der Waals surface area contributed by atoms with Crippen molar-refractivity contribution in [3.05, 3.63) is 65.2 Å². The lowest BCUT2D eigenvalue weighted by Gasteiger charge is -2.18. The second-order valence-electron chi connectivity index (χ2n) is 7.76. The van der Waals surface area contributed by atoms with Gasteiger partial charge in [0.05, 0.1) is 0 Å². The zero-order valence-corrected chi connectivity index (χ0v) is 19.6. The number of alkyl halides is 2. The summed E-state index contributed by atoms with van der Waals surface area (Å²) in [6.45, 7) is -2.81. The van der Waals surface area contributed by atoms with E-state index in [0.29, 0.717) is 0 Å². The number of nitrogens with zero attached hydrogens (tertiary/aromatic N) is 2. The van der Waals surface area contributed by atoms with E-state index < -0.39 is 65.9 Å². The van der Waals surface area contributed by atoms with Crippen LogP contribution in [0.2, 0.25) is 0 Å². The van der Waals surface area contributed by atoms with Crippen molar-refractivity contribution in [3.8, 4) is 34.8 Å².